The van der Waals surface area contributed by atoms with Gasteiger partial charge in [0.15, 0.2) is 0 Å². The standard InChI is InChI=1S/C19H22N4O/c1-13(2)23-17(15-11-7-4-8-12-15)18(23)16(21-22-19(20)24)14-9-5-3-6-10-14/h3-13,17-18H,1-2H3,(H3,20,22,24)/b21-16+/t17-,18+,23?/m1/s1. The largest absolute Gasteiger partial charge is 0.350 e. The maximum Gasteiger partial charge on any atom is 0.332 e. The monoisotopic (exact) mass is 322 g/mol. The molecule has 0 radical (unpaired) electrons. The van der Waals surface area contributed by atoms with E-state index in [0.717, 1.165) is 11.3 Å². The van der Waals surface area contributed by atoms with Gasteiger partial charge in [-0.3, -0.25) is 4.90 Å². The first-order chi connectivity index (χ1) is 11.6. The van der Waals surface area contributed by atoms with Gasteiger partial charge < -0.3 is 5.73 Å². The summed E-state index contributed by atoms with van der Waals surface area (Å²) >= 11 is 0. The molecule has 0 aliphatic carbocycles. The molecule has 2 aromatic rings. The van der Waals surface area contributed by atoms with E-state index < -0.39 is 6.03 Å². The van der Waals surface area contributed by atoms with Crippen molar-refractivity contribution in [3.05, 3.63) is 71.8 Å². The van der Waals surface area contributed by atoms with Gasteiger partial charge in [0, 0.05) is 6.04 Å². The fraction of sp³-hybridized carbons (Fsp3) is 0.263. The molecule has 5 nitrogen and oxygen atoms in total. The second-order valence-electron chi connectivity index (χ2n) is 6.18. The molecule has 124 valence electrons. The molecule has 3 atom stereocenters. The van der Waals surface area contributed by atoms with Crippen LogP contribution >= 0.6 is 0 Å². The first kappa shape index (κ1) is 16.2. The highest BCUT2D eigenvalue weighted by atomic mass is 16.2. The second kappa shape index (κ2) is 6.84. The molecule has 0 aromatic heterocycles. The summed E-state index contributed by atoms with van der Waals surface area (Å²) in [5.74, 6) is 0. The Kier molecular flexibility index (Phi) is 4.62. The summed E-state index contributed by atoms with van der Waals surface area (Å²) in [7, 11) is 0. The average molecular weight is 322 g/mol. The lowest BCUT2D eigenvalue weighted by molar-refractivity contribution is 0.249. The van der Waals surface area contributed by atoms with Crippen molar-refractivity contribution < 1.29 is 4.79 Å². The van der Waals surface area contributed by atoms with Crippen molar-refractivity contribution in [2.75, 3.05) is 0 Å². The summed E-state index contributed by atoms with van der Waals surface area (Å²) in [5, 5.41) is 4.31. The van der Waals surface area contributed by atoms with Gasteiger partial charge in [0.25, 0.3) is 0 Å². The minimum absolute atomic E-state index is 0.113. The van der Waals surface area contributed by atoms with Crippen LogP contribution in [0.2, 0.25) is 0 Å². The lowest BCUT2D eigenvalue weighted by atomic mass is 10.0. The summed E-state index contributed by atoms with van der Waals surface area (Å²) < 4.78 is 0. The number of carbonyl (C=O) groups excluding carboxylic acids is 1. The molecule has 5 heteroatoms. The van der Waals surface area contributed by atoms with Crippen molar-refractivity contribution in [1.29, 1.82) is 0 Å². The molecule has 1 fully saturated rings. The van der Waals surface area contributed by atoms with Gasteiger partial charge in [-0.25, -0.2) is 10.2 Å². The molecule has 1 aliphatic rings. The van der Waals surface area contributed by atoms with Crippen LogP contribution in [-0.4, -0.2) is 28.7 Å². The van der Waals surface area contributed by atoms with Crippen LogP contribution in [0.4, 0.5) is 4.79 Å². The Balaban J connectivity index is 1.97. The van der Waals surface area contributed by atoms with Gasteiger partial charge in [-0.15, -0.1) is 0 Å². The van der Waals surface area contributed by atoms with E-state index in [4.69, 9.17) is 5.73 Å². The molecule has 3 rings (SSSR count). The minimum atomic E-state index is -0.656. The number of rotatable bonds is 5. The van der Waals surface area contributed by atoms with Gasteiger partial charge in [-0.1, -0.05) is 60.7 Å². The molecule has 0 spiro atoms. The van der Waals surface area contributed by atoms with Crippen LogP contribution in [0.25, 0.3) is 0 Å². The summed E-state index contributed by atoms with van der Waals surface area (Å²) in [5.41, 5.74) is 10.7. The number of nitrogens with zero attached hydrogens (tertiary/aromatic N) is 2. The highest BCUT2D eigenvalue weighted by molar-refractivity contribution is 6.07. The first-order valence-corrected chi connectivity index (χ1v) is 8.10. The average Bonchev–Trinajstić information content (AvgIpc) is 3.32. The Morgan fingerprint density at radius 3 is 2.21 bits per heavy atom. The molecule has 1 unspecified atom stereocenters. The zero-order valence-electron chi connectivity index (χ0n) is 13.9. The van der Waals surface area contributed by atoms with Crippen LogP contribution in [0, 0.1) is 0 Å². The number of amides is 2. The molecular weight excluding hydrogens is 300 g/mol. The molecule has 0 bridgehead atoms. The second-order valence-corrected chi connectivity index (χ2v) is 6.18. The van der Waals surface area contributed by atoms with E-state index in [1.807, 2.05) is 48.5 Å². The van der Waals surface area contributed by atoms with Gasteiger partial charge in [0.05, 0.1) is 17.8 Å². The van der Waals surface area contributed by atoms with Gasteiger partial charge in [-0.2, -0.15) is 5.10 Å². The van der Waals surface area contributed by atoms with E-state index in [2.05, 4.69) is 41.4 Å². The fourth-order valence-electron chi connectivity index (χ4n) is 3.21. The normalized spacial score (nSPS) is 23.1. The third-order valence-electron chi connectivity index (χ3n) is 4.23. The van der Waals surface area contributed by atoms with Gasteiger partial charge in [0.2, 0.25) is 0 Å². The summed E-state index contributed by atoms with van der Waals surface area (Å²) in [4.78, 5) is 13.5. The number of hydrogen-bond donors (Lipinski definition) is 2. The third kappa shape index (κ3) is 3.31. The maximum atomic E-state index is 11.1. The highest BCUT2D eigenvalue weighted by Crippen LogP contribution is 2.46. The third-order valence-corrected chi connectivity index (χ3v) is 4.23. The Morgan fingerprint density at radius 1 is 1.08 bits per heavy atom. The van der Waals surface area contributed by atoms with Crippen molar-refractivity contribution in [2.24, 2.45) is 10.8 Å². The van der Waals surface area contributed by atoms with Crippen LogP contribution in [-0.2, 0) is 0 Å². The van der Waals surface area contributed by atoms with E-state index in [1.165, 1.54) is 5.56 Å². The summed E-state index contributed by atoms with van der Waals surface area (Å²) in [6.07, 6.45) is 0. The molecule has 1 saturated heterocycles. The molecule has 1 aliphatic heterocycles. The predicted octanol–water partition coefficient (Wildman–Crippen LogP) is 2.89. The highest BCUT2D eigenvalue weighted by Gasteiger charge is 2.53. The Morgan fingerprint density at radius 2 is 1.67 bits per heavy atom. The van der Waals surface area contributed by atoms with Crippen LogP contribution in [0.5, 0.6) is 0 Å². The summed E-state index contributed by atoms with van der Waals surface area (Å²) in [6, 6.07) is 20.3. The Hall–Kier alpha value is -2.66. The Bertz CT molecular complexity index is 728. The molecule has 2 aromatic carbocycles. The molecular formula is C19H22N4O. The van der Waals surface area contributed by atoms with Gasteiger partial charge >= 0.3 is 6.03 Å². The van der Waals surface area contributed by atoms with Crippen molar-refractivity contribution in [1.82, 2.24) is 10.3 Å². The smallest absolute Gasteiger partial charge is 0.332 e. The fourth-order valence-corrected chi connectivity index (χ4v) is 3.21. The van der Waals surface area contributed by atoms with Gasteiger partial charge in [0.1, 0.15) is 0 Å². The minimum Gasteiger partial charge on any atom is -0.350 e. The number of nitrogens with one attached hydrogen (secondary N) is 1. The van der Waals surface area contributed by atoms with Crippen LogP contribution in [0.1, 0.15) is 31.0 Å². The molecule has 0 saturated carbocycles. The lowest BCUT2D eigenvalue weighted by Crippen LogP contribution is -2.28. The number of urea groups is 1. The Labute approximate surface area is 142 Å². The number of nitrogens with two attached hydrogens (primary N) is 1. The van der Waals surface area contributed by atoms with E-state index >= 15 is 0 Å². The predicted molar refractivity (Wildman–Crippen MR) is 95.6 cm³/mol. The number of hydrazone groups is 1. The van der Waals surface area contributed by atoms with Crippen molar-refractivity contribution in [2.45, 2.75) is 32.0 Å². The van der Waals surface area contributed by atoms with Crippen molar-refractivity contribution in [3.8, 4) is 0 Å². The lowest BCUT2D eigenvalue weighted by Gasteiger charge is -2.10. The molecule has 3 N–H and O–H groups in total. The van der Waals surface area contributed by atoms with E-state index in [9.17, 15) is 4.79 Å². The van der Waals surface area contributed by atoms with E-state index in [1.54, 1.807) is 0 Å². The zero-order valence-corrected chi connectivity index (χ0v) is 13.9. The molecule has 24 heavy (non-hydrogen) atoms. The quantitative estimate of drug-likeness (QED) is 0.505. The number of hydrogen-bond acceptors (Lipinski definition) is 3. The van der Waals surface area contributed by atoms with Gasteiger partial charge in [-0.05, 0) is 25.0 Å². The van der Waals surface area contributed by atoms with E-state index in [0.29, 0.717) is 6.04 Å². The van der Waals surface area contributed by atoms with Crippen LogP contribution < -0.4 is 11.2 Å². The number of carbonyl (C=O) groups is 1. The SMILES string of the molecule is CC(C)N1[C@H](c2ccccc2)[C@@H]1/C(=N/NC(N)=O)c1ccccc1. The van der Waals surface area contributed by atoms with Crippen LogP contribution in [0.15, 0.2) is 65.8 Å². The first-order valence-electron chi connectivity index (χ1n) is 8.10. The summed E-state index contributed by atoms with van der Waals surface area (Å²) in [6.45, 7) is 4.33. The molecule has 2 amide bonds. The van der Waals surface area contributed by atoms with Crippen molar-refractivity contribution >= 4 is 11.7 Å². The molecule has 1 heterocycles. The number of primary amides is 1. The maximum absolute atomic E-state index is 11.1. The van der Waals surface area contributed by atoms with Crippen LogP contribution in [0.3, 0.4) is 0 Å². The van der Waals surface area contributed by atoms with E-state index in [-0.39, 0.29) is 12.1 Å². The zero-order chi connectivity index (χ0) is 17.1. The number of benzene rings is 2. The van der Waals surface area contributed by atoms with Crippen molar-refractivity contribution in [3.63, 3.8) is 0 Å². The topological polar surface area (TPSA) is 70.5 Å².